The van der Waals surface area contributed by atoms with Crippen molar-refractivity contribution in [3.63, 3.8) is 0 Å². The number of hydrogen-bond acceptors (Lipinski definition) is 10. The van der Waals surface area contributed by atoms with E-state index in [4.69, 9.17) is 23.7 Å². The molecule has 0 spiro atoms. The van der Waals surface area contributed by atoms with Crippen LogP contribution in [0.3, 0.4) is 0 Å². The van der Waals surface area contributed by atoms with Crippen LogP contribution in [0.15, 0.2) is 11.6 Å². The molecule has 3 saturated carbocycles. The van der Waals surface area contributed by atoms with Gasteiger partial charge in [0, 0.05) is 42.9 Å². The molecule has 6 rings (SSSR count). The van der Waals surface area contributed by atoms with Gasteiger partial charge in [0.25, 0.3) is 0 Å². The van der Waals surface area contributed by atoms with E-state index in [1.54, 1.807) is 6.92 Å². The van der Waals surface area contributed by atoms with Crippen LogP contribution in [0.4, 0.5) is 0 Å². The average molecular weight is 575 g/mol. The minimum absolute atomic E-state index is 0.0953. The van der Waals surface area contributed by atoms with Crippen LogP contribution in [0.25, 0.3) is 0 Å². The molecule has 10 nitrogen and oxygen atoms in total. The lowest BCUT2D eigenvalue weighted by Crippen LogP contribution is -2.75. The fraction of sp³-hybridized carbons (Fsp3) is 0.806. The Bertz CT molecular complexity index is 1300. The molecule has 0 aromatic heterocycles. The lowest BCUT2D eigenvalue weighted by atomic mass is 9.33. The fourth-order valence-electron chi connectivity index (χ4n) is 11.3. The second-order valence-corrected chi connectivity index (χ2v) is 14.6. The van der Waals surface area contributed by atoms with Gasteiger partial charge in [-0.1, -0.05) is 39.3 Å². The van der Waals surface area contributed by atoms with Gasteiger partial charge in [-0.05, 0) is 33.1 Å². The Labute approximate surface area is 240 Å². The van der Waals surface area contributed by atoms with Crippen LogP contribution in [0.2, 0.25) is 0 Å². The van der Waals surface area contributed by atoms with Crippen LogP contribution in [-0.2, 0) is 42.9 Å². The third-order valence-corrected chi connectivity index (χ3v) is 12.6. The quantitative estimate of drug-likeness (QED) is 0.303. The van der Waals surface area contributed by atoms with E-state index < -0.39 is 74.6 Å². The van der Waals surface area contributed by atoms with Gasteiger partial charge in [-0.15, -0.1) is 0 Å². The predicted octanol–water partition coefficient (Wildman–Crippen LogP) is 3.03. The molecule has 41 heavy (non-hydrogen) atoms. The van der Waals surface area contributed by atoms with Gasteiger partial charge in [-0.2, -0.15) is 0 Å². The fourth-order valence-corrected chi connectivity index (χ4v) is 11.3. The first kappa shape index (κ1) is 28.6. The largest absolute Gasteiger partial charge is 0.465 e. The van der Waals surface area contributed by atoms with Crippen molar-refractivity contribution in [1.29, 1.82) is 0 Å². The Kier molecular flexibility index (Phi) is 5.54. The lowest BCUT2D eigenvalue weighted by molar-refractivity contribution is -0.259. The molecule has 2 saturated heterocycles. The first-order valence-corrected chi connectivity index (χ1v) is 14.6. The summed E-state index contributed by atoms with van der Waals surface area (Å²) in [5.41, 5.74) is -6.86. The molecular formula is C31H42O10. The summed E-state index contributed by atoms with van der Waals surface area (Å²) in [5, 5.41) is 12.3. The Morgan fingerprint density at radius 2 is 1.66 bits per heavy atom. The van der Waals surface area contributed by atoms with Gasteiger partial charge in [0.1, 0.15) is 47.6 Å². The van der Waals surface area contributed by atoms with Gasteiger partial charge in [0.15, 0.2) is 0 Å². The number of aliphatic hydroxyl groups is 1. The number of rotatable bonds is 4. The number of esters is 4. The van der Waals surface area contributed by atoms with Crippen molar-refractivity contribution in [1.82, 2.24) is 0 Å². The maximum absolute atomic E-state index is 14.3. The Hall–Kier alpha value is -2.46. The van der Waals surface area contributed by atoms with Crippen molar-refractivity contribution in [3.05, 3.63) is 11.6 Å². The molecule has 2 aliphatic heterocycles. The SMILES string of the molecule is CC(=O)OC[C@@]12[C@@H]3O[C@@]4(C=C(C)[C@@]1(C)[C@@H](OC(C)=O)[C@@]3(C)O)[C@]2(C)C[C@@H]1OC(=O)[C@]42CC[C@H](OC(C)=O)C(C)(C)[C@@H]12. The maximum Gasteiger partial charge on any atom is 0.316 e. The highest BCUT2D eigenvalue weighted by Gasteiger charge is 2.95. The highest BCUT2D eigenvalue weighted by atomic mass is 16.6. The van der Waals surface area contributed by atoms with E-state index in [2.05, 4.69) is 6.92 Å². The van der Waals surface area contributed by atoms with Crippen LogP contribution >= 0.6 is 0 Å². The summed E-state index contributed by atoms with van der Waals surface area (Å²) in [6.07, 6.45) is 0.297. The molecule has 10 heteroatoms. The van der Waals surface area contributed by atoms with E-state index >= 15 is 0 Å². The summed E-state index contributed by atoms with van der Waals surface area (Å²) in [5.74, 6) is -2.09. The van der Waals surface area contributed by atoms with Crippen molar-refractivity contribution >= 4 is 23.9 Å². The van der Waals surface area contributed by atoms with E-state index in [9.17, 15) is 24.3 Å². The molecule has 226 valence electrons. The summed E-state index contributed by atoms with van der Waals surface area (Å²) in [7, 11) is 0. The van der Waals surface area contributed by atoms with Crippen LogP contribution in [-0.4, -0.2) is 71.2 Å². The van der Waals surface area contributed by atoms with Gasteiger partial charge in [-0.3, -0.25) is 19.2 Å². The Balaban J connectivity index is 1.65. The van der Waals surface area contributed by atoms with Gasteiger partial charge >= 0.3 is 23.9 Å². The summed E-state index contributed by atoms with van der Waals surface area (Å²) in [4.78, 5) is 51.1. The second kappa shape index (κ2) is 7.92. The summed E-state index contributed by atoms with van der Waals surface area (Å²) < 4.78 is 31.0. The zero-order valence-electron chi connectivity index (χ0n) is 25.4. The van der Waals surface area contributed by atoms with Gasteiger partial charge in [-0.25, -0.2) is 0 Å². The molecule has 0 aromatic carbocycles. The van der Waals surface area contributed by atoms with E-state index in [1.165, 1.54) is 20.8 Å². The Morgan fingerprint density at radius 1 is 1.02 bits per heavy atom. The first-order valence-electron chi connectivity index (χ1n) is 14.6. The zero-order valence-corrected chi connectivity index (χ0v) is 25.4. The highest BCUT2D eigenvalue weighted by Crippen LogP contribution is 2.86. The van der Waals surface area contributed by atoms with Crippen LogP contribution < -0.4 is 0 Å². The molecule has 4 aliphatic carbocycles. The minimum Gasteiger partial charge on any atom is -0.465 e. The molecule has 0 radical (unpaired) electrons. The van der Waals surface area contributed by atoms with Gasteiger partial charge < -0.3 is 28.8 Å². The van der Waals surface area contributed by atoms with E-state index in [-0.39, 0.29) is 24.5 Å². The van der Waals surface area contributed by atoms with Crippen molar-refractivity contribution in [2.24, 2.45) is 33.0 Å². The van der Waals surface area contributed by atoms with E-state index in [0.717, 1.165) is 5.57 Å². The molecule has 0 aromatic rings. The summed E-state index contributed by atoms with van der Waals surface area (Å²) >= 11 is 0. The molecule has 0 amide bonds. The molecule has 2 heterocycles. The van der Waals surface area contributed by atoms with Crippen molar-refractivity contribution in [2.45, 2.75) is 117 Å². The van der Waals surface area contributed by atoms with E-state index in [1.807, 2.05) is 33.8 Å². The predicted molar refractivity (Wildman–Crippen MR) is 142 cm³/mol. The monoisotopic (exact) mass is 574 g/mol. The maximum atomic E-state index is 14.3. The molecule has 4 bridgehead atoms. The molecule has 6 aliphatic rings. The average Bonchev–Trinajstić information content (AvgIpc) is 3.25. The highest BCUT2D eigenvalue weighted by molar-refractivity contribution is 5.85. The zero-order chi connectivity index (χ0) is 30.3. The molecule has 1 N–H and O–H groups in total. The summed E-state index contributed by atoms with van der Waals surface area (Å²) in [6.45, 7) is 15.5. The molecule has 5 fully saturated rings. The minimum atomic E-state index is -1.68. The third-order valence-electron chi connectivity index (χ3n) is 12.6. The number of hydrogen-bond donors (Lipinski definition) is 1. The van der Waals surface area contributed by atoms with Crippen LogP contribution in [0, 0.1) is 33.0 Å². The van der Waals surface area contributed by atoms with Gasteiger partial charge in [0.05, 0.1) is 5.41 Å². The standard InChI is InChI=1S/C31H42O10/c1-15-12-31-26(7,13-19-21-25(5,6)20(38-17(3)33)10-11-29(21,31)24(35)40-19)30(14-37-16(2)32)23(41-31)28(9,36)22(27(15,30)8)39-18(4)34/h12,19-23,36H,10-11,13-14H2,1-9H3/t19-,20-,21+,22+,23+,26+,27-,28+,29+,30-,31-/m0/s1. The number of carbonyl (C=O) groups excluding carboxylic acids is 4. The topological polar surface area (TPSA) is 135 Å². The lowest BCUT2D eigenvalue weighted by Gasteiger charge is -2.68. The number of ether oxygens (including phenoxy) is 5. The summed E-state index contributed by atoms with van der Waals surface area (Å²) in [6, 6.07) is 0. The first-order chi connectivity index (χ1) is 18.8. The second-order valence-electron chi connectivity index (χ2n) is 14.6. The van der Waals surface area contributed by atoms with Crippen molar-refractivity contribution in [2.75, 3.05) is 6.61 Å². The van der Waals surface area contributed by atoms with E-state index in [0.29, 0.717) is 19.3 Å². The number of carbonyl (C=O) groups is 4. The van der Waals surface area contributed by atoms with Crippen LogP contribution in [0.5, 0.6) is 0 Å². The molecule has 11 atom stereocenters. The van der Waals surface area contributed by atoms with Crippen molar-refractivity contribution < 1.29 is 48.0 Å². The normalized spacial score (nSPS) is 51.6. The molecular weight excluding hydrogens is 532 g/mol. The molecule has 0 unspecified atom stereocenters. The third kappa shape index (κ3) is 2.78. The Morgan fingerprint density at radius 3 is 2.24 bits per heavy atom. The van der Waals surface area contributed by atoms with Crippen LogP contribution in [0.1, 0.15) is 81.6 Å². The smallest absolute Gasteiger partial charge is 0.316 e. The van der Waals surface area contributed by atoms with Gasteiger partial charge in [0.2, 0.25) is 0 Å². The van der Waals surface area contributed by atoms with Crippen molar-refractivity contribution in [3.8, 4) is 0 Å².